The average molecular weight is 258 g/mol. The average Bonchev–Trinajstić information content (AvgIpc) is 2.86. The maximum Gasteiger partial charge on any atom is 0.186 e. The van der Waals surface area contributed by atoms with Crippen molar-refractivity contribution in [2.45, 2.75) is 0 Å². The van der Waals surface area contributed by atoms with Gasteiger partial charge in [0.05, 0.1) is 5.52 Å². The van der Waals surface area contributed by atoms with Crippen LogP contribution in [0.2, 0.25) is 0 Å². The van der Waals surface area contributed by atoms with Crippen LogP contribution >= 0.6 is 0 Å². The molecule has 2 heteroatoms. The van der Waals surface area contributed by atoms with Gasteiger partial charge in [-0.1, -0.05) is 54.6 Å². The molecule has 1 N–H and O–H groups in total. The predicted molar refractivity (Wildman–Crippen MR) is 81.4 cm³/mol. The Morgan fingerprint density at radius 2 is 1.35 bits per heavy atom. The minimum Gasteiger partial charge on any atom is -0.354 e. The molecule has 4 rings (SSSR count). The molecule has 2 nitrogen and oxygen atoms in total. The zero-order chi connectivity index (χ0) is 13.5. The first kappa shape index (κ1) is 11.1. The number of H-pyrrole nitrogens is 1. The van der Waals surface area contributed by atoms with E-state index in [1.54, 1.807) is 12.1 Å². The minimum absolute atomic E-state index is 0.0543. The standard InChI is InChI=1S/C18H12NO/c20-17-11-4-2-7-13(17)15-9-5-8-14-12-6-1-3-10-16(12)19-18(14)15/h1-11,19H. The summed E-state index contributed by atoms with van der Waals surface area (Å²) in [5.41, 5.74) is 3.82. The second kappa shape index (κ2) is 4.14. The van der Waals surface area contributed by atoms with Gasteiger partial charge in [0.1, 0.15) is 0 Å². The molecule has 0 bridgehead atoms. The van der Waals surface area contributed by atoms with Crippen molar-refractivity contribution in [2.24, 2.45) is 0 Å². The van der Waals surface area contributed by atoms with Crippen LogP contribution in [0.15, 0.2) is 66.7 Å². The van der Waals surface area contributed by atoms with Crippen LogP contribution in [-0.2, 0) is 5.11 Å². The molecule has 3 aromatic carbocycles. The smallest absolute Gasteiger partial charge is 0.186 e. The summed E-state index contributed by atoms with van der Waals surface area (Å²) in [6.45, 7) is 0. The van der Waals surface area contributed by atoms with Gasteiger partial charge in [0.25, 0.3) is 0 Å². The monoisotopic (exact) mass is 258 g/mol. The number of nitrogens with one attached hydrogen (secondary N) is 1. The lowest BCUT2D eigenvalue weighted by atomic mass is 10.0. The van der Waals surface area contributed by atoms with Crippen molar-refractivity contribution in [3.63, 3.8) is 0 Å². The van der Waals surface area contributed by atoms with Gasteiger partial charge in [-0.3, -0.25) is 5.11 Å². The molecule has 0 aliphatic carbocycles. The van der Waals surface area contributed by atoms with E-state index in [0.29, 0.717) is 0 Å². The largest absolute Gasteiger partial charge is 0.354 e. The fraction of sp³-hybridized carbons (Fsp3) is 0. The molecule has 0 fully saturated rings. The van der Waals surface area contributed by atoms with Crippen LogP contribution in [0, 0.1) is 0 Å². The van der Waals surface area contributed by atoms with Crippen molar-refractivity contribution in [3.05, 3.63) is 66.7 Å². The number of benzene rings is 3. The third kappa shape index (κ3) is 1.51. The van der Waals surface area contributed by atoms with Crippen molar-refractivity contribution in [2.75, 3.05) is 0 Å². The summed E-state index contributed by atoms with van der Waals surface area (Å²) in [5.74, 6) is 0.0543. The van der Waals surface area contributed by atoms with Crippen LogP contribution in [0.4, 0.5) is 0 Å². The molecule has 4 aromatic rings. The lowest BCUT2D eigenvalue weighted by Gasteiger charge is -2.04. The van der Waals surface area contributed by atoms with E-state index < -0.39 is 0 Å². The first-order chi connectivity index (χ1) is 9.84. The highest BCUT2D eigenvalue weighted by molar-refractivity contribution is 6.12. The summed E-state index contributed by atoms with van der Waals surface area (Å²) < 4.78 is 0. The molecule has 1 heterocycles. The Morgan fingerprint density at radius 3 is 2.25 bits per heavy atom. The zero-order valence-electron chi connectivity index (χ0n) is 10.8. The second-order valence-electron chi connectivity index (χ2n) is 4.89. The van der Waals surface area contributed by atoms with E-state index in [0.717, 1.165) is 27.5 Å². The molecule has 0 spiro atoms. The first-order valence-electron chi connectivity index (χ1n) is 6.60. The highest BCUT2D eigenvalue weighted by atomic mass is 16.3. The Bertz CT molecular complexity index is 921. The van der Waals surface area contributed by atoms with E-state index in [1.165, 1.54) is 5.39 Å². The van der Waals surface area contributed by atoms with Gasteiger partial charge in [0.15, 0.2) is 5.75 Å². The number of aromatic amines is 1. The summed E-state index contributed by atoms with van der Waals surface area (Å²) in [5, 5.41) is 14.4. The van der Waals surface area contributed by atoms with E-state index in [-0.39, 0.29) is 5.75 Å². The van der Waals surface area contributed by atoms with Gasteiger partial charge in [-0.2, -0.15) is 0 Å². The normalized spacial score (nSPS) is 11.2. The third-order valence-electron chi connectivity index (χ3n) is 3.72. The van der Waals surface area contributed by atoms with Gasteiger partial charge in [0, 0.05) is 27.4 Å². The number of hydrogen-bond donors (Lipinski definition) is 1. The summed E-state index contributed by atoms with van der Waals surface area (Å²) in [4.78, 5) is 3.43. The van der Waals surface area contributed by atoms with Crippen molar-refractivity contribution < 1.29 is 5.11 Å². The molecule has 0 amide bonds. The lowest BCUT2D eigenvalue weighted by molar-refractivity contribution is 0.357. The fourth-order valence-electron chi connectivity index (χ4n) is 2.79. The molecule has 1 aromatic heterocycles. The van der Waals surface area contributed by atoms with E-state index in [9.17, 15) is 5.11 Å². The SMILES string of the molecule is [O]c1ccccc1-c1cccc2c1[nH]c1ccccc12. The summed E-state index contributed by atoms with van der Waals surface area (Å²) in [7, 11) is 0. The van der Waals surface area contributed by atoms with Crippen LogP contribution in [0.25, 0.3) is 32.9 Å². The maximum absolute atomic E-state index is 12.1. The number of hydrogen-bond acceptors (Lipinski definition) is 0. The molecule has 0 saturated carbocycles. The van der Waals surface area contributed by atoms with Crippen molar-refractivity contribution in [1.29, 1.82) is 0 Å². The Hall–Kier alpha value is -2.74. The highest BCUT2D eigenvalue weighted by Crippen LogP contribution is 2.36. The van der Waals surface area contributed by atoms with Crippen LogP contribution < -0.4 is 0 Å². The zero-order valence-corrected chi connectivity index (χ0v) is 10.8. The molecule has 20 heavy (non-hydrogen) atoms. The molecular weight excluding hydrogens is 246 g/mol. The second-order valence-corrected chi connectivity index (χ2v) is 4.89. The number of rotatable bonds is 1. The molecule has 0 atom stereocenters. The van der Waals surface area contributed by atoms with Gasteiger partial charge >= 0.3 is 0 Å². The van der Waals surface area contributed by atoms with Gasteiger partial charge in [-0.15, -0.1) is 0 Å². The number of aromatic nitrogens is 1. The van der Waals surface area contributed by atoms with Crippen molar-refractivity contribution >= 4 is 21.8 Å². The molecule has 0 aliphatic rings. The van der Waals surface area contributed by atoms with Gasteiger partial charge in [-0.05, 0) is 12.1 Å². The number of para-hydroxylation sites is 3. The van der Waals surface area contributed by atoms with Crippen molar-refractivity contribution in [3.8, 4) is 16.9 Å². The lowest BCUT2D eigenvalue weighted by Crippen LogP contribution is -1.80. The van der Waals surface area contributed by atoms with Gasteiger partial charge in [-0.25, -0.2) is 0 Å². The molecule has 0 aliphatic heterocycles. The molecule has 0 saturated heterocycles. The van der Waals surface area contributed by atoms with Crippen LogP contribution in [0.3, 0.4) is 0 Å². The van der Waals surface area contributed by atoms with Crippen molar-refractivity contribution in [1.82, 2.24) is 4.98 Å². The van der Waals surface area contributed by atoms with E-state index in [1.807, 2.05) is 36.4 Å². The van der Waals surface area contributed by atoms with Gasteiger partial charge < -0.3 is 4.98 Å². The highest BCUT2D eigenvalue weighted by Gasteiger charge is 2.11. The van der Waals surface area contributed by atoms with Crippen LogP contribution in [0.5, 0.6) is 5.75 Å². The quantitative estimate of drug-likeness (QED) is 0.491. The summed E-state index contributed by atoms with van der Waals surface area (Å²) in [6.07, 6.45) is 0. The summed E-state index contributed by atoms with van der Waals surface area (Å²) >= 11 is 0. The predicted octanol–water partition coefficient (Wildman–Crippen LogP) is 5.13. The topological polar surface area (TPSA) is 35.7 Å². The minimum atomic E-state index is 0.0543. The Kier molecular flexibility index (Phi) is 2.30. The van der Waals surface area contributed by atoms with Crippen LogP contribution in [0.1, 0.15) is 0 Å². The van der Waals surface area contributed by atoms with E-state index in [4.69, 9.17) is 0 Å². The molecule has 0 unspecified atom stereocenters. The van der Waals surface area contributed by atoms with E-state index in [2.05, 4.69) is 23.2 Å². The number of fused-ring (bicyclic) bond motifs is 3. The Balaban J connectivity index is 2.13. The van der Waals surface area contributed by atoms with E-state index >= 15 is 0 Å². The molecule has 95 valence electrons. The Morgan fingerprint density at radius 1 is 0.650 bits per heavy atom. The summed E-state index contributed by atoms with van der Waals surface area (Å²) in [6, 6.07) is 21.4. The first-order valence-corrected chi connectivity index (χ1v) is 6.60. The Labute approximate surface area is 116 Å². The van der Waals surface area contributed by atoms with Gasteiger partial charge in [0.2, 0.25) is 0 Å². The van der Waals surface area contributed by atoms with Crippen LogP contribution in [-0.4, -0.2) is 4.98 Å². The fourth-order valence-corrected chi connectivity index (χ4v) is 2.79. The molecular formula is C18H12NO. The maximum atomic E-state index is 12.1. The molecule has 1 radical (unpaired) electrons. The third-order valence-corrected chi connectivity index (χ3v) is 3.72.